The van der Waals surface area contributed by atoms with Crippen molar-refractivity contribution in [3.8, 4) is 0 Å². The summed E-state index contributed by atoms with van der Waals surface area (Å²) in [5.74, 6) is 1.11. The van der Waals surface area contributed by atoms with Crippen molar-refractivity contribution in [2.24, 2.45) is 4.99 Å². The lowest BCUT2D eigenvalue weighted by Gasteiger charge is -2.08. The van der Waals surface area contributed by atoms with Crippen LogP contribution in [0.2, 0.25) is 0 Å². The molecule has 2 rings (SSSR count). The van der Waals surface area contributed by atoms with E-state index in [-0.39, 0.29) is 0 Å². The van der Waals surface area contributed by atoms with Gasteiger partial charge in [-0.3, -0.25) is 4.99 Å². The number of para-hydroxylation sites is 1. The van der Waals surface area contributed by atoms with Crippen LogP contribution in [-0.4, -0.2) is 23.2 Å². The Morgan fingerprint density at radius 2 is 2.31 bits per heavy atom. The highest BCUT2D eigenvalue weighted by Gasteiger charge is 2.16. The highest BCUT2D eigenvalue weighted by atomic mass is 32.2. The van der Waals surface area contributed by atoms with E-state index in [0.29, 0.717) is 6.04 Å². The van der Waals surface area contributed by atoms with Gasteiger partial charge in [0.05, 0.1) is 11.7 Å². The molecule has 1 aliphatic heterocycles. The second-order valence-electron chi connectivity index (χ2n) is 3.63. The number of amidine groups is 1. The van der Waals surface area contributed by atoms with Gasteiger partial charge in [0.15, 0.2) is 5.17 Å². The van der Waals surface area contributed by atoms with Crippen LogP contribution < -0.4 is 5.32 Å². The molecular formula is C12H16N2S2. The zero-order valence-corrected chi connectivity index (χ0v) is 11.2. The van der Waals surface area contributed by atoms with Crippen LogP contribution >= 0.6 is 23.5 Å². The van der Waals surface area contributed by atoms with Crippen molar-refractivity contribution >= 4 is 34.4 Å². The third-order valence-electron chi connectivity index (χ3n) is 2.53. The van der Waals surface area contributed by atoms with Crippen LogP contribution in [0.15, 0.2) is 34.2 Å². The Labute approximate surface area is 105 Å². The van der Waals surface area contributed by atoms with Crippen LogP contribution in [0, 0.1) is 0 Å². The van der Waals surface area contributed by atoms with E-state index < -0.39 is 0 Å². The lowest BCUT2D eigenvalue weighted by Crippen LogP contribution is -2.06. The Kier molecular flexibility index (Phi) is 4.18. The summed E-state index contributed by atoms with van der Waals surface area (Å²) >= 11 is 3.58. The first-order valence-corrected chi connectivity index (χ1v) is 7.65. The molecule has 1 unspecified atom stereocenters. The second-order valence-corrected chi connectivity index (χ2v) is 5.49. The molecule has 1 atom stereocenters. The van der Waals surface area contributed by atoms with Crippen molar-refractivity contribution in [3.63, 3.8) is 0 Å². The number of anilines is 1. The third kappa shape index (κ3) is 2.74. The molecule has 0 aromatic heterocycles. The van der Waals surface area contributed by atoms with Gasteiger partial charge in [0.2, 0.25) is 0 Å². The second kappa shape index (κ2) is 5.64. The van der Waals surface area contributed by atoms with Gasteiger partial charge in [-0.2, -0.15) is 0 Å². The SMILES string of the molecule is CCC1CSC(Nc2ccccc2SC)=N1. The molecule has 0 amide bonds. The standard InChI is InChI=1S/C12H16N2S2/c1-3-9-8-16-12(13-9)14-10-6-4-5-7-11(10)15-2/h4-7,9H,3,8H2,1-2H3,(H,13,14). The van der Waals surface area contributed by atoms with E-state index in [2.05, 4.69) is 47.8 Å². The minimum Gasteiger partial charge on any atom is -0.334 e. The molecule has 1 aromatic rings. The van der Waals surface area contributed by atoms with Crippen LogP contribution in [0.3, 0.4) is 0 Å². The number of thioether (sulfide) groups is 2. The van der Waals surface area contributed by atoms with Gasteiger partial charge in [0.25, 0.3) is 0 Å². The van der Waals surface area contributed by atoms with Gasteiger partial charge >= 0.3 is 0 Å². The third-order valence-corrected chi connectivity index (χ3v) is 4.36. The predicted molar refractivity (Wildman–Crippen MR) is 75.8 cm³/mol. The maximum absolute atomic E-state index is 4.64. The fourth-order valence-electron chi connectivity index (χ4n) is 1.56. The fraction of sp³-hybridized carbons (Fsp3) is 0.417. The summed E-state index contributed by atoms with van der Waals surface area (Å²) in [6.07, 6.45) is 3.22. The van der Waals surface area contributed by atoms with Gasteiger partial charge in [-0.25, -0.2) is 0 Å². The molecule has 1 heterocycles. The van der Waals surface area contributed by atoms with Crippen molar-refractivity contribution in [2.75, 3.05) is 17.3 Å². The molecular weight excluding hydrogens is 236 g/mol. The number of nitrogens with zero attached hydrogens (tertiary/aromatic N) is 1. The molecule has 0 saturated heterocycles. The molecule has 86 valence electrons. The smallest absolute Gasteiger partial charge is 0.161 e. The average molecular weight is 252 g/mol. The molecule has 0 radical (unpaired) electrons. The summed E-state index contributed by atoms with van der Waals surface area (Å²) in [5, 5.41) is 4.48. The number of hydrogen-bond donors (Lipinski definition) is 1. The zero-order valence-electron chi connectivity index (χ0n) is 9.56. The summed E-state index contributed by atoms with van der Waals surface area (Å²) in [6.45, 7) is 2.19. The van der Waals surface area contributed by atoms with Crippen molar-refractivity contribution < 1.29 is 0 Å². The molecule has 1 aliphatic rings. The van der Waals surface area contributed by atoms with Crippen LogP contribution in [-0.2, 0) is 0 Å². The van der Waals surface area contributed by atoms with Crippen LogP contribution in [0.25, 0.3) is 0 Å². The van der Waals surface area contributed by atoms with E-state index in [9.17, 15) is 0 Å². The molecule has 0 fully saturated rings. The van der Waals surface area contributed by atoms with Crippen molar-refractivity contribution in [1.29, 1.82) is 0 Å². The molecule has 2 nitrogen and oxygen atoms in total. The number of rotatable bonds is 3. The average Bonchev–Trinajstić information content (AvgIpc) is 2.77. The summed E-state index contributed by atoms with van der Waals surface area (Å²) in [4.78, 5) is 5.91. The van der Waals surface area contributed by atoms with Gasteiger partial charge in [0, 0.05) is 10.6 Å². The first-order chi connectivity index (χ1) is 7.83. The number of hydrogen-bond acceptors (Lipinski definition) is 4. The molecule has 0 saturated carbocycles. The largest absolute Gasteiger partial charge is 0.334 e. The Morgan fingerprint density at radius 1 is 1.50 bits per heavy atom. The summed E-state index contributed by atoms with van der Waals surface area (Å²) in [7, 11) is 0. The summed E-state index contributed by atoms with van der Waals surface area (Å²) < 4.78 is 0. The van der Waals surface area contributed by atoms with E-state index in [1.54, 1.807) is 11.8 Å². The van der Waals surface area contributed by atoms with E-state index in [0.717, 1.165) is 23.0 Å². The molecule has 4 heteroatoms. The van der Waals surface area contributed by atoms with Crippen LogP contribution in [0.5, 0.6) is 0 Å². The lowest BCUT2D eigenvalue weighted by molar-refractivity contribution is 0.738. The molecule has 0 aliphatic carbocycles. The van der Waals surface area contributed by atoms with Gasteiger partial charge in [0.1, 0.15) is 0 Å². The molecule has 0 bridgehead atoms. The van der Waals surface area contributed by atoms with Gasteiger partial charge < -0.3 is 5.32 Å². The Balaban J connectivity index is 2.09. The van der Waals surface area contributed by atoms with Crippen LogP contribution in [0.1, 0.15) is 13.3 Å². The monoisotopic (exact) mass is 252 g/mol. The quantitative estimate of drug-likeness (QED) is 0.830. The maximum Gasteiger partial charge on any atom is 0.161 e. The van der Waals surface area contributed by atoms with E-state index in [1.807, 2.05) is 11.8 Å². The van der Waals surface area contributed by atoms with Crippen molar-refractivity contribution in [3.05, 3.63) is 24.3 Å². The molecule has 0 spiro atoms. The fourth-order valence-corrected chi connectivity index (χ4v) is 3.18. The normalized spacial score (nSPS) is 19.6. The number of benzene rings is 1. The van der Waals surface area contributed by atoms with Crippen molar-refractivity contribution in [1.82, 2.24) is 0 Å². The van der Waals surface area contributed by atoms with Gasteiger partial charge in [-0.15, -0.1) is 11.8 Å². The van der Waals surface area contributed by atoms with E-state index >= 15 is 0 Å². The zero-order chi connectivity index (χ0) is 11.4. The van der Waals surface area contributed by atoms with Crippen LogP contribution in [0.4, 0.5) is 5.69 Å². The Bertz CT molecular complexity index is 390. The number of nitrogens with one attached hydrogen (secondary N) is 1. The minimum atomic E-state index is 0.494. The Morgan fingerprint density at radius 3 is 3.00 bits per heavy atom. The van der Waals surface area contributed by atoms with Gasteiger partial charge in [-0.05, 0) is 24.8 Å². The maximum atomic E-state index is 4.64. The van der Waals surface area contributed by atoms with E-state index in [1.165, 1.54) is 4.90 Å². The molecule has 16 heavy (non-hydrogen) atoms. The Hall–Kier alpha value is -0.610. The predicted octanol–water partition coefficient (Wildman–Crippen LogP) is 3.70. The lowest BCUT2D eigenvalue weighted by atomic mass is 10.3. The van der Waals surface area contributed by atoms with Crippen molar-refractivity contribution in [2.45, 2.75) is 24.3 Å². The summed E-state index contributed by atoms with van der Waals surface area (Å²) in [6, 6.07) is 8.85. The van der Waals surface area contributed by atoms with Gasteiger partial charge in [-0.1, -0.05) is 30.8 Å². The highest BCUT2D eigenvalue weighted by Crippen LogP contribution is 2.28. The van der Waals surface area contributed by atoms with E-state index in [4.69, 9.17) is 0 Å². The topological polar surface area (TPSA) is 24.4 Å². The minimum absolute atomic E-state index is 0.494. The first-order valence-electron chi connectivity index (χ1n) is 5.44. The highest BCUT2D eigenvalue weighted by molar-refractivity contribution is 8.14. The summed E-state index contributed by atoms with van der Waals surface area (Å²) in [5.41, 5.74) is 1.16. The number of aliphatic imine (C=N–C) groups is 1. The molecule has 1 N–H and O–H groups in total. The first kappa shape index (κ1) is 11.9. The molecule has 1 aromatic carbocycles.